The topological polar surface area (TPSA) is 118 Å². The molecule has 0 unspecified atom stereocenters. The number of nitrogens with zero attached hydrogens (tertiary/aromatic N) is 1. The molecule has 0 fully saturated rings. The Balaban J connectivity index is 1.63. The van der Waals surface area contributed by atoms with E-state index in [1.165, 1.54) is 18.2 Å². The number of hydrazine groups is 1. The minimum atomic E-state index is -0.668. The second kappa shape index (κ2) is 7.44. The number of aromatic hydroxyl groups is 1. The van der Waals surface area contributed by atoms with Crippen LogP contribution in [0.15, 0.2) is 65.6 Å². The number of carbonyl (C=O) groups excluding carboxylic acids is 1. The van der Waals surface area contributed by atoms with Crippen LogP contribution in [0.1, 0.15) is 11.3 Å². The van der Waals surface area contributed by atoms with Crippen LogP contribution in [0.3, 0.4) is 0 Å². The molecule has 2 aromatic carbocycles. The summed E-state index contributed by atoms with van der Waals surface area (Å²) < 4.78 is 4.91. The van der Waals surface area contributed by atoms with Crippen LogP contribution in [-0.4, -0.2) is 15.9 Å². The third-order valence-corrected chi connectivity index (χ3v) is 3.72. The van der Waals surface area contributed by atoms with E-state index >= 15 is 0 Å². The van der Waals surface area contributed by atoms with Crippen molar-refractivity contribution in [2.24, 2.45) is 0 Å². The van der Waals surface area contributed by atoms with Gasteiger partial charge < -0.3 is 9.52 Å². The highest BCUT2D eigenvalue weighted by Crippen LogP contribution is 2.28. The number of fused-ring (bicyclic) bond motifs is 1. The van der Waals surface area contributed by atoms with Gasteiger partial charge in [-0.25, -0.2) is 0 Å². The minimum absolute atomic E-state index is 0.0267. The molecule has 3 N–H and O–H groups in total. The number of hydrogen-bond donors (Lipinski definition) is 3. The Morgan fingerprint density at radius 2 is 1.85 bits per heavy atom. The maximum absolute atomic E-state index is 11.9. The Kier molecular flexibility index (Phi) is 4.89. The second-order valence-electron chi connectivity index (χ2n) is 5.58. The predicted molar refractivity (Wildman–Crippen MR) is 100 cm³/mol. The highest BCUT2D eigenvalue weighted by Gasteiger charge is 2.10. The van der Waals surface area contributed by atoms with Crippen molar-refractivity contribution in [3.8, 4) is 5.75 Å². The molecule has 8 nitrogen and oxygen atoms in total. The maximum atomic E-state index is 11.9. The molecule has 3 aromatic rings. The quantitative estimate of drug-likeness (QED) is 0.350. The van der Waals surface area contributed by atoms with Gasteiger partial charge in [0.1, 0.15) is 16.4 Å². The van der Waals surface area contributed by atoms with E-state index < -0.39 is 16.7 Å². The van der Waals surface area contributed by atoms with Crippen LogP contribution >= 0.6 is 0 Å². The first-order chi connectivity index (χ1) is 12.9. The summed E-state index contributed by atoms with van der Waals surface area (Å²) >= 11 is 0. The van der Waals surface area contributed by atoms with Crippen LogP contribution < -0.4 is 10.9 Å². The number of amides is 1. The number of carbonyl (C=O) groups is 1. The Hall–Kier alpha value is -4.07. The van der Waals surface area contributed by atoms with Crippen molar-refractivity contribution >= 4 is 34.3 Å². The smallest absolute Gasteiger partial charge is 0.433 e. The van der Waals surface area contributed by atoms with Crippen LogP contribution in [0.2, 0.25) is 0 Å². The van der Waals surface area contributed by atoms with Gasteiger partial charge in [-0.2, -0.15) is 0 Å². The lowest BCUT2D eigenvalue weighted by atomic mass is 10.0. The van der Waals surface area contributed by atoms with Gasteiger partial charge in [-0.1, -0.05) is 30.8 Å². The van der Waals surface area contributed by atoms with E-state index in [-0.39, 0.29) is 11.5 Å². The lowest BCUT2D eigenvalue weighted by molar-refractivity contribution is -0.402. The molecule has 3 rings (SSSR count). The van der Waals surface area contributed by atoms with Crippen molar-refractivity contribution < 1.29 is 19.2 Å². The normalized spacial score (nSPS) is 10.8. The number of phenols is 1. The third-order valence-electron chi connectivity index (χ3n) is 3.72. The number of furan rings is 1. The first-order valence-corrected chi connectivity index (χ1v) is 7.83. The molecule has 1 aromatic heterocycles. The number of rotatable bonds is 6. The van der Waals surface area contributed by atoms with Crippen molar-refractivity contribution in [3.63, 3.8) is 0 Å². The summed E-state index contributed by atoms with van der Waals surface area (Å²) in [6.07, 6.45) is 2.43. The van der Waals surface area contributed by atoms with Gasteiger partial charge in [0.2, 0.25) is 0 Å². The Morgan fingerprint density at radius 1 is 1.15 bits per heavy atom. The fourth-order valence-corrected chi connectivity index (χ4v) is 2.40. The zero-order chi connectivity index (χ0) is 19.4. The fourth-order valence-electron chi connectivity index (χ4n) is 2.40. The zero-order valence-corrected chi connectivity index (χ0v) is 14.0. The minimum Gasteiger partial charge on any atom is -0.507 e. The van der Waals surface area contributed by atoms with E-state index in [1.807, 2.05) is 24.3 Å². The molecule has 0 spiro atoms. The summed E-state index contributed by atoms with van der Waals surface area (Å²) in [7, 11) is 0. The van der Waals surface area contributed by atoms with Gasteiger partial charge in [0.05, 0.1) is 11.8 Å². The first-order valence-electron chi connectivity index (χ1n) is 7.83. The van der Waals surface area contributed by atoms with Crippen molar-refractivity contribution in [2.45, 2.75) is 0 Å². The molecule has 0 bridgehead atoms. The summed E-state index contributed by atoms with van der Waals surface area (Å²) in [6, 6.07) is 13.5. The van der Waals surface area contributed by atoms with Crippen LogP contribution in [0, 0.1) is 10.1 Å². The predicted octanol–water partition coefficient (Wildman–Crippen LogP) is 3.35. The summed E-state index contributed by atoms with van der Waals surface area (Å²) in [5.41, 5.74) is 5.76. The van der Waals surface area contributed by atoms with Crippen LogP contribution in [-0.2, 0) is 4.79 Å². The Morgan fingerprint density at radius 3 is 2.52 bits per heavy atom. The second-order valence-corrected chi connectivity index (χ2v) is 5.58. The zero-order valence-electron chi connectivity index (χ0n) is 14.0. The first kappa shape index (κ1) is 17.7. The summed E-state index contributed by atoms with van der Waals surface area (Å²) in [6.45, 7) is 3.80. The Labute approximate surface area is 153 Å². The van der Waals surface area contributed by atoms with Gasteiger partial charge in [0, 0.05) is 11.6 Å². The van der Waals surface area contributed by atoms with Crippen LogP contribution in [0.25, 0.3) is 22.5 Å². The fraction of sp³-hybridized carbons (Fsp3) is 0. The van der Waals surface area contributed by atoms with E-state index in [4.69, 9.17) is 4.42 Å². The molecule has 0 atom stereocenters. The summed E-state index contributed by atoms with van der Waals surface area (Å²) in [4.78, 5) is 21.7. The SMILES string of the molecule is C=C(NNC(=O)/C=C/c1ccc([N+](=O)[O-])o1)c1cc2ccccc2cc1O. The highest BCUT2D eigenvalue weighted by molar-refractivity contribution is 5.92. The van der Waals surface area contributed by atoms with Crippen molar-refractivity contribution in [1.29, 1.82) is 0 Å². The molecule has 0 aliphatic heterocycles. The number of phenolic OH excluding ortho intramolecular Hbond substituents is 1. The van der Waals surface area contributed by atoms with E-state index in [0.29, 0.717) is 11.3 Å². The molecule has 0 saturated carbocycles. The lowest BCUT2D eigenvalue weighted by Crippen LogP contribution is -2.34. The standard InChI is InChI=1S/C19H15N3O5/c1-12(16-10-13-4-2-3-5-14(13)11-17(16)23)20-21-18(24)8-6-15-7-9-19(27-15)22(25)26/h2-11,20,23H,1H2,(H,21,24)/b8-6+. The maximum Gasteiger partial charge on any atom is 0.433 e. The molecule has 27 heavy (non-hydrogen) atoms. The molecular weight excluding hydrogens is 350 g/mol. The molecule has 0 radical (unpaired) electrons. The largest absolute Gasteiger partial charge is 0.507 e. The molecule has 0 saturated heterocycles. The number of nitrogens with one attached hydrogen (secondary N) is 2. The monoisotopic (exact) mass is 365 g/mol. The van der Waals surface area contributed by atoms with Gasteiger partial charge in [-0.15, -0.1) is 0 Å². The molecule has 1 amide bonds. The molecule has 0 aliphatic rings. The molecule has 0 aliphatic carbocycles. The number of benzene rings is 2. The average molecular weight is 365 g/mol. The molecular formula is C19H15N3O5. The van der Waals surface area contributed by atoms with Crippen molar-refractivity contribution in [2.75, 3.05) is 0 Å². The Bertz CT molecular complexity index is 1070. The summed E-state index contributed by atoms with van der Waals surface area (Å²) in [5.74, 6) is -0.745. The highest BCUT2D eigenvalue weighted by atomic mass is 16.6. The van der Waals surface area contributed by atoms with Gasteiger partial charge in [0.25, 0.3) is 5.91 Å². The van der Waals surface area contributed by atoms with Gasteiger partial charge in [-0.05, 0) is 35.0 Å². The average Bonchev–Trinajstić information content (AvgIpc) is 3.13. The van der Waals surface area contributed by atoms with E-state index in [2.05, 4.69) is 17.4 Å². The van der Waals surface area contributed by atoms with E-state index in [9.17, 15) is 20.0 Å². The van der Waals surface area contributed by atoms with Crippen LogP contribution in [0.5, 0.6) is 5.75 Å². The van der Waals surface area contributed by atoms with Gasteiger partial charge in [-0.3, -0.25) is 25.8 Å². The molecule has 136 valence electrons. The lowest BCUT2D eigenvalue weighted by Gasteiger charge is -2.12. The van der Waals surface area contributed by atoms with Gasteiger partial charge in [0.15, 0.2) is 0 Å². The van der Waals surface area contributed by atoms with Crippen molar-refractivity contribution in [1.82, 2.24) is 10.9 Å². The number of nitro groups is 1. The van der Waals surface area contributed by atoms with E-state index in [0.717, 1.165) is 16.8 Å². The van der Waals surface area contributed by atoms with Gasteiger partial charge >= 0.3 is 5.88 Å². The van der Waals surface area contributed by atoms with E-state index in [1.54, 1.807) is 12.1 Å². The molecule has 8 heteroatoms. The van der Waals surface area contributed by atoms with Crippen LogP contribution in [0.4, 0.5) is 5.88 Å². The number of hydrogen-bond acceptors (Lipinski definition) is 6. The third kappa shape index (κ3) is 4.13. The molecule has 1 heterocycles. The van der Waals surface area contributed by atoms with Crippen molar-refractivity contribution in [3.05, 3.63) is 82.6 Å². The summed E-state index contributed by atoms with van der Waals surface area (Å²) in [5, 5.41) is 22.5.